The molecule has 0 fully saturated rings. The standard InChI is InChI=1S/C14H10BrClO2/c15-12-3-6-14(16)11(7-12)9-18-13-4-1-10(8-17)2-5-13/h1-8H,9H2. The Bertz CT molecular complexity index is 552. The Balaban J connectivity index is 2.06. The van der Waals surface area contributed by atoms with E-state index in [2.05, 4.69) is 15.9 Å². The molecule has 0 amide bonds. The van der Waals surface area contributed by atoms with Gasteiger partial charge in [-0.15, -0.1) is 0 Å². The number of ether oxygens (including phenoxy) is 1. The number of hydrogen-bond acceptors (Lipinski definition) is 2. The zero-order chi connectivity index (χ0) is 13.0. The number of halogens is 2. The predicted molar refractivity (Wildman–Crippen MR) is 75.3 cm³/mol. The minimum Gasteiger partial charge on any atom is -0.489 e. The maximum atomic E-state index is 10.5. The molecule has 2 nitrogen and oxygen atoms in total. The summed E-state index contributed by atoms with van der Waals surface area (Å²) in [7, 11) is 0. The van der Waals surface area contributed by atoms with Crippen molar-refractivity contribution in [2.75, 3.05) is 0 Å². The zero-order valence-electron chi connectivity index (χ0n) is 9.40. The van der Waals surface area contributed by atoms with E-state index in [-0.39, 0.29) is 0 Å². The van der Waals surface area contributed by atoms with Gasteiger partial charge in [0.1, 0.15) is 18.6 Å². The Labute approximate surface area is 119 Å². The highest BCUT2D eigenvalue weighted by Gasteiger charge is 2.02. The number of carbonyl (C=O) groups is 1. The van der Waals surface area contributed by atoms with Gasteiger partial charge in [-0.1, -0.05) is 27.5 Å². The van der Waals surface area contributed by atoms with Crippen molar-refractivity contribution in [3.63, 3.8) is 0 Å². The summed E-state index contributed by atoms with van der Waals surface area (Å²) in [5.41, 5.74) is 1.54. The molecule has 0 aliphatic heterocycles. The molecule has 4 heteroatoms. The minimum atomic E-state index is 0.388. The third kappa shape index (κ3) is 3.34. The molecule has 0 aliphatic carbocycles. The molecule has 0 aliphatic rings. The van der Waals surface area contributed by atoms with Crippen molar-refractivity contribution in [1.29, 1.82) is 0 Å². The predicted octanol–water partition coefficient (Wildman–Crippen LogP) is 4.49. The molecule has 0 spiro atoms. The van der Waals surface area contributed by atoms with Crippen LogP contribution in [0.3, 0.4) is 0 Å². The molecule has 2 rings (SSSR count). The van der Waals surface area contributed by atoms with Crippen LogP contribution in [0.2, 0.25) is 5.02 Å². The van der Waals surface area contributed by atoms with Gasteiger partial charge in [0, 0.05) is 20.6 Å². The van der Waals surface area contributed by atoms with Crippen molar-refractivity contribution in [2.24, 2.45) is 0 Å². The second-order valence-corrected chi connectivity index (χ2v) is 5.03. The lowest BCUT2D eigenvalue weighted by molar-refractivity contribution is 0.112. The topological polar surface area (TPSA) is 26.3 Å². The van der Waals surface area contributed by atoms with Crippen molar-refractivity contribution in [3.8, 4) is 5.75 Å². The van der Waals surface area contributed by atoms with E-state index in [0.29, 0.717) is 22.9 Å². The first kappa shape index (κ1) is 13.1. The molecule has 0 aromatic heterocycles. The van der Waals surface area contributed by atoms with Crippen LogP contribution in [-0.4, -0.2) is 6.29 Å². The summed E-state index contributed by atoms with van der Waals surface area (Å²) in [4.78, 5) is 10.5. The maximum absolute atomic E-state index is 10.5. The summed E-state index contributed by atoms with van der Waals surface area (Å²) in [6.07, 6.45) is 0.801. The summed E-state index contributed by atoms with van der Waals surface area (Å²) in [5.74, 6) is 0.705. The van der Waals surface area contributed by atoms with Crippen LogP contribution in [0, 0.1) is 0 Å². The summed E-state index contributed by atoms with van der Waals surface area (Å²) in [6, 6.07) is 12.6. The first-order chi connectivity index (χ1) is 8.69. The zero-order valence-corrected chi connectivity index (χ0v) is 11.7. The smallest absolute Gasteiger partial charge is 0.150 e. The van der Waals surface area contributed by atoms with Crippen LogP contribution in [-0.2, 0) is 6.61 Å². The fourth-order valence-electron chi connectivity index (χ4n) is 1.46. The Kier molecular flexibility index (Phi) is 4.39. The van der Waals surface area contributed by atoms with Crippen LogP contribution in [0.25, 0.3) is 0 Å². The van der Waals surface area contributed by atoms with Crippen molar-refractivity contribution >= 4 is 33.8 Å². The molecule has 0 saturated heterocycles. The Morgan fingerprint density at radius 2 is 1.89 bits per heavy atom. The Hall–Kier alpha value is -1.32. The molecule has 0 unspecified atom stereocenters. The van der Waals surface area contributed by atoms with E-state index in [1.807, 2.05) is 18.2 Å². The summed E-state index contributed by atoms with van der Waals surface area (Å²) < 4.78 is 6.57. The van der Waals surface area contributed by atoms with Gasteiger partial charge < -0.3 is 4.74 Å². The number of aldehydes is 1. The number of carbonyl (C=O) groups excluding carboxylic acids is 1. The van der Waals surface area contributed by atoms with Crippen molar-refractivity contribution in [3.05, 3.63) is 63.1 Å². The molecular weight excluding hydrogens is 316 g/mol. The molecule has 0 saturated carbocycles. The van der Waals surface area contributed by atoms with E-state index in [4.69, 9.17) is 16.3 Å². The molecule has 0 heterocycles. The molecular formula is C14H10BrClO2. The summed E-state index contributed by atoms with van der Waals surface area (Å²) in [5, 5.41) is 0.669. The van der Waals surface area contributed by atoms with E-state index >= 15 is 0 Å². The molecule has 2 aromatic rings. The summed E-state index contributed by atoms with van der Waals surface area (Å²) >= 11 is 9.45. The Morgan fingerprint density at radius 1 is 1.17 bits per heavy atom. The van der Waals surface area contributed by atoms with Gasteiger partial charge in [0.2, 0.25) is 0 Å². The van der Waals surface area contributed by atoms with Gasteiger partial charge in [0.05, 0.1) is 0 Å². The molecule has 0 N–H and O–H groups in total. The Morgan fingerprint density at radius 3 is 2.56 bits per heavy atom. The van der Waals surface area contributed by atoms with Gasteiger partial charge in [0.15, 0.2) is 0 Å². The van der Waals surface area contributed by atoms with Gasteiger partial charge in [-0.3, -0.25) is 4.79 Å². The largest absolute Gasteiger partial charge is 0.489 e. The third-order valence-electron chi connectivity index (χ3n) is 2.42. The van der Waals surface area contributed by atoms with Crippen molar-refractivity contribution in [1.82, 2.24) is 0 Å². The molecule has 18 heavy (non-hydrogen) atoms. The molecule has 0 radical (unpaired) electrons. The molecule has 0 bridgehead atoms. The molecule has 2 aromatic carbocycles. The normalized spacial score (nSPS) is 10.1. The highest BCUT2D eigenvalue weighted by atomic mass is 79.9. The van der Waals surface area contributed by atoms with Crippen LogP contribution >= 0.6 is 27.5 Å². The second-order valence-electron chi connectivity index (χ2n) is 3.71. The van der Waals surface area contributed by atoms with Crippen LogP contribution in [0.15, 0.2) is 46.9 Å². The van der Waals surface area contributed by atoms with Crippen molar-refractivity contribution < 1.29 is 9.53 Å². The van der Waals surface area contributed by atoms with Gasteiger partial charge in [-0.2, -0.15) is 0 Å². The molecule has 92 valence electrons. The fraction of sp³-hybridized carbons (Fsp3) is 0.0714. The quantitative estimate of drug-likeness (QED) is 0.774. The maximum Gasteiger partial charge on any atom is 0.150 e. The number of rotatable bonds is 4. The average molecular weight is 326 g/mol. The monoisotopic (exact) mass is 324 g/mol. The van der Waals surface area contributed by atoms with Crippen molar-refractivity contribution in [2.45, 2.75) is 6.61 Å². The highest BCUT2D eigenvalue weighted by Crippen LogP contribution is 2.22. The first-order valence-electron chi connectivity index (χ1n) is 5.31. The van der Waals surface area contributed by atoms with Gasteiger partial charge >= 0.3 is 0 Å². The fourth-order valence-corrected chi connectivity index (χ4v) is 2.04. The summed E-state index contributed by atoms with van der Waals surface area (Å²) in [6.45, 7) is 0.388. The lowest BCUT2D eigenvalue weighted by Gasteiger charge is -2.08. The lowest BCUT2D eigenvalue weighted by atomic mass is 10.2. The van der Waals surface area contributed by atoms with Gasteiger partial charge in [-0.25, -0.2) is 0 Å². The third-order valence-corrected chi connectivity index (χ3v) is 3.28. The van der Waals surface area contributed by atoms with E-state index in [9.17, 15) is 4.79 Å². The van der Waals surface area contributed by atoms with Crippen LogP contribution < -0.4 is 4.74 Å². The highest BCUT2D eigenvalue weighted by molar-refractivity contribution is 9.10. The van der Waals surface area contributed by atoms with E-state index in [0.717, 1.165) is 16.3 Å². The van der Waals surface area contributed by atoms with E-state index < -0.39 is 0 Å². The lowest BCUT2D eigenvalue weighted by Crippen LogP contribution is -1.96. The first-order valence-corrected chi connectivity index (χ1v) is 6.48. The van der Waals surface area contributed by atoms with Gasteiger partial charge in [0.25, 0.3) is 0 Å². The SMILES string of the molecule is O=Cc1ccc(OCc2cc(Br)ccc2Cl)cc1. The van der Waals surface area contributed by atoms with Crippen LogP contribution in [0.5, 0.6) is 5.75 Å². The minimum absolute atomic E-state index is 0.388. The van der Waals surface area contributed by atoms with Gasteiger partial charge in [-0.05, 0) is 42.5 Å². The van der Waals surface area contributed by atoms with Crippen LogP contribution in [0.4, 0.5) is 0 Å². The van der Waals surface area contributed by atoms with Crippen LogP contribution in [0.1, 0.15) is 15.9 Å². The van der Waals surface area contributed by atoms with E-state index in [1.54, 1.807) is 24.3 Å². The second kappa shape index (κ2) is 6.03. The molecule has 0 atom stereocenters. The van der Waals surface area contributed by atoms with E-state index in [1.165, 1.54) is 0 Å². The number of hydrogen-bond donors (Lipinski definition) is 0. The average Bonchev–Trinajstić information content (AvgIpc) is 2.40. The number of benzene rings is 2.